The van der Waals surface area contributed by atoms with Crippen molar-refractivity contribution >= 4 is 0 Å². The van der Waals surface area contributed by atoms with Gasteiger partial charge in [0.05, 0.1) is 25.4 Å². The summed E-state index contributed by atoms with van der Waals surface area (Å²) in [4.78, 5) is 0. The molecular formula is C13H20FNO3. The average molecular weight is 257 g/mol. The summed E-state index contributed by atoms with van der Waals surface area (Å²) >= 11 is 0. The number of rotatable bonds is 7. The summed E-state index contributed by atoms with van der Waals surface area (Å²) in [6.45, 7) is -0.892. The highest BCUT2D eigenvalue weighted by molar-refractivity contribution is 5.27. The Bertz CT molecular complexity index is 341. The number of ether oxygens (including phenoxy) is 1. The molecule has 0 amide bonds. The molecular weight excluding hydrogens is 237 g/mol. The van der Waals surface area contributed by atoms with Crippen LogP contribution in [0.3, 0.4) is 0 Å². The number of aliphatic hydroxyl groups is 2. The lowest BCUT2D eigenvalue weighted by Gasteiger charge is -2.21. The Kier molecular flexibility index (Phi) is 6.21. The van der Waals surface area contributed by atoms with Gasteiger partial charge in [0.25, 0.3) is 0 Å². The molecule has 0 aromatic heterocycles. The van der Waals surface area contributed by atoms with E-state index in [-0.39, 0.29) is 19.1 Å². The van der Waals surface area contributed by atoms with E-state index in [1.54, 1.807) is 24.3 Å². The lowest BCUT2D eigenvalue weighted by molar-refractivity contribution is 0.0720. The molecule has 0 bridgehead atoms. The number of nitrogens with two attached hydrogens (primary N) is 1. The summed E-state index contributed by atoms with van der Waals surface area (Å²) < 4.78 is 17.7. The van der Waals surface area contributed by atoms with Crippen molar-refractivity contribution in [2.75, 3.05) is 27.0 Å². The molecule has 0 aliphatic carbocycles. The molecule has 102 valence electrons. The lowest BCUT2D eigenvalue weighted by atomic mass is 9.96. The fourth-order valence-electron chi connectivity index (χ4n) is 1.87. The number of hydrogen-bond donors (Lipinski definition) is 3. The van der Waals surface area contributed by atoms with Crippen LogP contribution in [0, 0.1) is 0 Å². The van der Waals surface area contributed by atoms with Crippen LogP contribution in [0.5, 0.6) is 0 Å². The van der Waals surface area contributed by atoms with E-state index < -0.39 is 18.8 Å². The molecule has 2 unspecified atom stereocenters. The van der Waals surface area contributed by atoms with E-state index in [0.717, 1.165) is 11.1 Å². The molecule has 0 radical (unpaired) electrons. The van der Waals surface area contributed by atoms with Crippen molar-refractivity contribution < 1.29 is 19.3 Å². The first-order valence-electron chi connectivity index (χ1n) is 5.83. The van der Waals surface area contributed by atoms with Crippen LogP contribution in [0.1, 0.15) is 23.1 Å². The van der Waals surface area contributed by atoms with E-state index in [9.17, 15) is 4.39 Å². The number of hydrogen-bond acceptors (Lipinski definition) is 4. The molecule has 0 saturated heterocycles. The molecule has 0 fully saturated rings. The van der Waals surface area contributed by atoms with Gasteiger partial charge in [-0.25, -0.2) is 4.39 Å². The predicted molar refractivity (Wildman–Crippen MR) is 67.1 cm³/mol. The Labute approximate surface area is 106 Å². The second-order valence-electron chi connectivity index (χ2n) is 4.20. The number of aliphatic hydroxyl groups excluding tert-OH is 2. The maximum absolute atomic E-state index is 12.6. The van der Waals surface area contributed by atoms with Gasteiger partial charge in [0.1, 0.15) is 6.67 Å². The van der Waals surface area contributed by atoms with E-state index in [1.165, 1.54) is 7.11 Å². The normalized spacial score (nSPS) is 14.8. The second kappa shape index (κ2) is 7.43. The smallest absolute Gasteiger partial charge is 0.107 e. The molecule has 0 spiro atoms. The minimum atomic E-state index is -0.702. The van der Waals surface area contributed by atoms with Gasteiger partial charge in [-0.1, -0.05) is 24.3 Å². The Morgan fingerprint density at radius 1 is 1.17 bits per heavy atom. The SMILES string of the molecule is COC(c1ccc(C(CO)CO)cc1)C(N)CF. The van der Waals surface area contributed by atoms with Crippen molar-refractivity contribution in [1.82, 2.24) is 0 Å². The number of alkyl halides is 1. The summed E-state index contributed by atoms with van der Waals surface area (Å²) in [6, 6.07) is 6.41. The van der Waals surface area contributed by atoms with Crippen LogP contribution in [0.15, 0.2) is 24.3 Å². The molecule has 1 aromatic rings. The molecule has 18 heavy (non-hydrogen) atoms. The highest BCUT2D eigenvalue weighted by atomic mass is 19.1. The Hall–Kier alpha value is -1.01. The highest BCUT2D eigenvalue weighted by Crippen LogP contribution is 2.23. The first-order chi connectivity index (χ1) is 8.67. The van der Waals surface area contributed by atoms with Crippen LogP contribution in [0.2, 0.25) is 0 Å². The van der Waals surface area contributed by atoms with E-state index >= 15 is 0 Å². The number of methoxy groups -OCH3 is 1. The van der Waals surface area contributed by atoms with Gasteiger partial charge >= 0.3 is 0 Å². The van der Waals surface area contributed by atoms with Crippen molar-refractivity contribution in [2.45, 2.75) is 18.1 Å². The molecule has 0 saturated carbocycles. The van der Waals surface area contributed by atoms with Gasteiger partial charge < -0.3 is 20.7 Å². The zero-order valence-electron chi connectivity index (χ0n) is 10.4. The van der Waals surface area contributed by atoms with Gasteiger partial charge in [-0.3, -0.25) is 0 Å². The summed E-state index contributed by atoms with van der Waals surface area (Å²) in [5, 5.41) is 18.2. The van der Waals surface area contributed by atoms with Gasteiger partial charge in [0.2, 0.25) is 0 Å². The molecule has 0 heterocycles. The Morgan fingerprint density at radius 3 is 2.06 bits per heavy atom. The van der Waals surface area contributed by atoms with Crippen LogP contribution in [-0.4, -0.2) is 43.3 Å². The number of halogens is 1. The largest absolute Gasteiger partial charge is 0.396 e. The highest BCUT2D eigenvalue weighted by Gasteiger charge is 2.19. The zero-order valence-corrected chi connectivity index (χ0v) is 10.4. The van der Waals surface area contributed by atoms with Gasteiger partial charge in [-0.05, 0) is 11.1 Å². The van der Waals surface area contributed by atoms with E-state index in [4.69, 9.17) is 20.7 Å². The lowest BCUT2D eigenvalue weighted by Crippen LogP contribution is -2.31. The summed E-state index contributed by atoms with van der Waals surface area (Å²) in [5.41, 5.74) is 7.23. The topological polar surface area (TPSA) is 75.7 Å². The zero-order chi connectivity index (χ0) is 13.5. The summed E-state index contributed by atoms with van der Waals surface area (Å²) in [5.74, 6) is -0.296. The quantitative estimate of drug-likeness (QED) is 0.673. The maximum Gasteiger partial charge on any atom is 0.107 e. The van der Waals surface area contributed by atoms with Crippen molar-refractivity contribution in [3.8, 4) is 0 Å². The standard InChI is InChI=1S/C13H20FNO3/c1-18-13(12(15)6-14)10-4-2-9(3-5-10)11(7-16)8-17/h2-5,11-13,16-17H,6-8,15H2,1H3. The Morgan fingerprint density at radius 2 is 1.67 bits per heavy atom. The van der Waals surface area contributed by atoms with Crippen molar-refractivity contribution in [2.24, 2.45) is 5.73 Å². The molecule has 1 aromatic carbocycles. The van der Waals surface area contributed by atoms with Gasteiger partial charge in [-0.15, -0.1) is 0 Å². The fraction of sp³-hybridized carbons (Fsp3) is 0.538. The van der Waals surface area contributed by atoms with Crippen LogP contribution in [0.4, 0.5) is 4.39 Å². The van der Waals surface area contributed by atoms with Crippen molar-refractivity contribution in [1.29, 1.82) is 0 Å². The van der Waals surface area contributed by atoms with Gasteiger partial charge in [0, 0.05) is 13.0 Å². The molecule has 0 aliphatic rings. The molecule has 4 nitrogen and oxygen atoms in total. The Balaban J connectivity index is 2.86. The first kappa shape index (κ1) is 15.0. The van der Waals surface area contributed by atoms with Crippen LogP contribution < -0.4 is 5.73 Å². The van der Waals surface area contributed by atoms with Crippen LogP contribution >= 0.6 is 0 Å². The van der Waals surface area contributed by atoms with Crippen LogP contribution in [0.25, 0.3) is 0 Å². The second-order valence-corrected chi connectivity index (χ2v) is 4.20. The van der Waals surface area contributed by atoms with Gasteiger partial charge in [0.15, 0.2) is 0 Å². The molecule has 2 atom stereocenters. The van der Waals surface area contributed by atoms with Crippen molar-refractivity contribution in [3.63, 3.8) is 0 Å². The fourth-order valence-corrected chi connectivity index (χ4v) is 1.87. The van der Waals surface area contributed by atoms with E-state index in [2.05, 4.69) is 0 Å². The molecule has 0 aliphatic heterocycles. The third kappa shape index (κ3) is 3.49. The molecule has 4 N–H and O–H groups in total. The maximum atomic E-state index is 12.6. The average Bonchev–Trinajstić information content (AvgIpc) is 2.42. The van der Waals surface area contributed by atoms with Crippen molar-refractivity contribution in [3.05, 3.63) is 35.4 Å². The van der Waals surface area contributed by atoms with Gasteiger partial charge in [-0.2, -0.15) is 0 Å². The minimum Gasteiger partial charge on any atom is -0.396 e. The van der Waals surface area contributed by atoms with E-state index in [0.29, 0.717) is 0 Å². The monoisotopic (exact) mass is 257 g/mol. The third-order valence-corrected chi connectivity index (χ3v) is 3.00. The summed E-state index contributed by atoms with van der Waals surface area (Å²) in [6.07, 6.45) is -0.495. The summed E-state index contributed by atoms with van der Waals surface area (Å²) in [7, 11) is 1.48. The third-order valence-electron chi connectivity index (χ3n) is 3.00. The minimum absolute atomic E-state index is 0.118. The molecule has 5 heteroatoms. The predicted octanol–water partition coefficient (Wildman–Crippen LogP) is 0.739. The molecule has 1 rings (SSSR count). The number of benzene rings is 1. The van der Waals surface area contributed by atoms with E-state index in [1.807, 2.05) is 0 Å². The van der Waals surface area contributed by atoms with Crippen LogP contribution in [-0.2, 0) is 4.74 Å². The first-order valence-corrected chi connectivity index (χ1v) is 5.83.